The van der Waals surface area contributed by atoms with Gasteiger partial charge in [-0.2, -0.15) is 0 Å². The standard InChI is InChI=1S/C24H30O5/c1-5-20(28)29-24(14(2)25)11-9-18-17-7-6-15-12-16(26)8-10-22(15,3)21(17)19(27)13-23(18,24)4/h6-8,10,12,17-19,21,27H,5,9,11,13H2,1-4H3/t17-,18-,19?,21+,22-,23-,24-/m0/s1. The van der Waals surface area contributed by atoms with Gasteiger partial charge in [0.05, 0.1) is 6.10 Å². The molecule has 156 valence electrons. The number of aliphatic hydroxyl groups is 1. The third-order valence-corrected chi connectivity index (χ3v) is 8.32. The van der Waals surface area contributed by atoms with E-state index in [9.17, 15) is 19.5 Å². The lowest BCUT2D eigenvalue weighted by molar-refractivity contribution is -0.193. The Hall–Kier alpha value is -2.01. The van der Waals surface area contributed by atoms with Crippen LogP contribution in [0.2, 0.25) is 0 Å². The van der Waals surface area contributed by atoms with Gasteiger partial charge in [-0.15, -0.1) is 0 Å². The van der Waals surface area contributed by atoms with Crippen LogP contribution in [0, 0.1) is 28.6 Å². The SMILES string of the molecule is CCC(=O)O[C@]1(C(C)=O)CC[C@H]2[C@@H]3C=CC4=CC(=O)C=C[C@]4(C)[C@H]3C(O)C[C@@]21C. The van der Waals surface area contributed by atoms with Gasteiger partial charge in [-0.3, -0.25) is 14.4 Å². The average molecular weight is 398 g/mol. The van der Waals surface area contributed by atoms with E-state index in [0.29, 0.717) is 12.8 Å². The molecule has 2 fully saturated rings. The minimum atomic E-state index is -1.18. The topological polar surface area (TPSA) is 80.7 Å². The Morgan fingerprint density at radius 2 is 2.00 bits per heavy atom. The zero-order valence-corrected chi connectivity index (χ0v) is 17.6. The van der Waals surface area contributed by atoms with Crippen LogP contribution >= 0.6 is 0 Å². The predicted molar refractivity (Wildman–Crippen MR) is 108 cm³/mol. The first-order valence-corrected chi connectivity index (χ1v) is 10.6. The van der Waals surface area contributed by atoms with Crippen LogP contribution in [0.15, 0.2) is 36.0 Å². The molecule has 1 unspecified atom stereocenters. The number of carbonyl (C=O) groups excluding carboxylic acids is 3. The normalized spacial score (nSPS) is 45.1. The summed E-state index contributed by atoms with van der Waals surface area (Å²) >= 11 is 0. The van der Waals surface area contributed by atoms with Crippen molar-refractivity contribution in [2.45, 2.75) is 65.1 Å². The third kappa shape index (κ3) is 2.59. The second kappa shape index (κ2) is 6.49. The Balaban J connectivity index is 1.79. The first kappa shape index (κ1) is 20.3. The van der Waals surface area contributed by atoms with Gasteiger partial charge < -0.3 is 9.84 Å². The molecule has 0 amide bonds. The second-order valence-corrected chi connectivity index (χ2v) is 9.63. The van der Waals surface area contributed by atoms with E-state index in [1.54, 1.807) is 19.1 Å². The van der Waals surface area contributed by atoms with Crippen LogP contribution in [-0.4, -0.2) is 34.3 Å². The lowest BCUT2D eigenvalue weighted by Gasteiger charge is -2.58. The fourth-order valence-corrected chi connectivity index (χ4v) is 6.86. The number of ketones is 2. The number of rotatable bonds is 3. The quantitative estimate of drug-likeness (QED) is 0.738. The van der Waals surface area contributed by atoms with Gasteiger partial charge in [0.2, 0.25) is 0 Å². The average Bonchev–Trinajstić information content (AvgIpc) is 2.94. The van der Waals surface area contributed by atoms with Gasteiger partial charge in [-0.05, 0) is 55.7 Å². The van der Waals surface area contributed by atoms with Gasteiger partial charge in [0.15, 0.2) is 17.2 Å². The van der Waals surface area contributed by atoms with Crippen molar-refractivity contribution < 1.29 is 24.2 Å². The number of fused-ring (bicyclic) bond motifs is 5. The molecular formula is C24H30O5. The zero-order valence-electron chi connectivity index (χ0n) is 17.6. The minimum absolute atomic E-state index is 0.0290. The van der Waals surface area contributed by atoms with Crippen molar-refractivity contribution in [2.24, 2.45) is 28.6 Å². The van der Waals surface area contributed by atoms with Crippen molar-refractivity contribution in [1.82, 2.24) is 0 Å². The molecule has 0 aromatic heterocycles. The third-order valence-electron chi connectivity index (χ3n) is 8.32. The van der Waals surface area contributed by atoms with Crippen LogP contribution in [-0.2, 0) is 19.1 Å². The molecule has 0 spiro atoms. The van der Waals surface area contributed by atoms with Crippen LogP contribution in [0.1, 0.15) is 53.4 Å². The summed E-state index contributed by atoms with van der Waals surface area (Å²) < 4.78 is 5.86. The Bertz CT molecular complexity index is 866. The summed E-state index contributed by atoms with van der Waals surface area (Å²) in [4.78, 5) is 36.9. The molecule has 1 N–H and O–H groups in total. The maximum atomic E-state index is 12.8. The number of carbonyl (C=O) groups is 3. The van der Waals surface area contributed by atoms with Crippen LogP contribution < -0.4 is 0 Å². The Labute approximate surface area is 171 Å². The second-order valence-electron chi connectivity index (χ2n) is 9.63. The summed E-state index contributed by atoms with van der Waals surface area (Å²) in [7, 11) is 0. The van der Waals surface area contributed by atoms with E-state index in [0.717, 1.165) is 12.0 Å². The van der Waals surface area contributed by atoms with Gasteiger partial charge >= 0.3 is 5.97 Å². The molecule has 5 nitrogen and oxygen atoms in total. The number of esters is 1. The van der Waals surface area contributed by atoms with E-state index in [1.807, 2.05) is 19.1 Å². The molecule has 2 saturated carbocycles. The van der Waals surface area contributed by atoms with Crippen molar-refractivity contribution in [3.63, 3.8) is 0 Å². The summed E-state index contributed by atoms with van der Waals surface area (Å²) in [6.45, 7) is 7.32. The van der Waals surface area contributed by atoms with E-state index < -0.39 is 22.5 Å². The number of hydrogen-bond acceptors (Lipinski definition) is 5. The lowest BCUT2D eigenvalue weighted by Crippen LogP contribution is -2.61. The molecular weight excluding hydrogens is 368 g/mol. The monoisotopic (exact) mass is 398 g/mol. The predicted octanol–water partition coefficient (Wildman–Crippen LogP) is 3.32. The highest BCUT2D eigenvalue weighted by atomic mass is 16.6. The minimum Gasteiger partial charge on any atom is -0.450 e. The highest BCUT2D eigenvalue weighted by Crippen LogP contribution is 2.66. The molecule has 0 aromatic rings. The molecule has 4 rings (SSSR count). The molecule has 7 atom stereocenters. The first-order valence-electron chi connectivity index (χ1n) is 10.6. The molecule has 29 heavy (non-hydrogen) atoms. The molecule has 0 aliphatic heterocycles. The van der Waals surface area contributed by atoms with Gasteiger partial charge in [-0.25, -0.2) is 0 Å². The van der Waals surface area contributed by atoms with E-state index in [1.165, 1.54) is 6.92 Å². The van der Waals surface area contributed by atoms with Crippen molar-refractivity contribution in [3.8, 4) is 0 Å². The summed E-state index contributed by atoms with van der Waals surface area (Å²) in [6, 6.07) is 0. The van der Waals surface area contributed by atoms with Crippen LogP contribution in [0.3, 0.4) is 0 Å². The highest BCUT2D eigenvalue weighted by molar-refractivity contribution is 6.01. The molecule has 4 aliphatic carbocycles. The van der Waals surface area contributed by atoms with Crippen LogP contribution in [0.4, 0.5) is 0 Å². The molecule has 0 aromatic carbocycles. The number of hydrogen-bond donors (Lipinski definition) is 1. The molecule has 4 aliphatic rings. The smallest absolute Gasteiger partial charge is 0.306 e. The maximum Gasteiger partial charge on any atom is 0.306 e. The summed E-state index contributed by atoms with van der Waals surface area (Å²) in [5.74, 6) is -0.451. The van der Waals surface area contributed by atoms with Crippen molar-refractivity contribution >= 4 is 17.5 Å². The van der Waals surface area contributed by atoms with E-state index >= 15 is 0 Å². The molecule has 0 saturated heterocycles. The van der Waals surface area contributed by atoms with Gasteiger partial charge in [0, 0.05) is 23.2 Å². The van der Waals surface area contributed by atoms with Crippen molar-refractivity contribution in [3.05, 3.63) is 36.0 Å². The zero-order chi connectivity index (χ0) is 21.2. The Morgan fingerprint density at radius 1 is 1.28 bits per heavy atom. The molecule has 0 bridgehead atoms. The molecule has 5 heteroatoms. The van der Waals surface area contributed by atoms with Gasteiger partial charge in [0.1, 0.15) is 0 Å². The van der Waals surface area contributed by atoms with E-state index in [4.69, 9.17) is 4.74 Å². The van der Waals surface area contributed by atoms with Crippen molar-refractivity contribution in [1.29, 1.82) is 0 Å². The Morgan fingerprint density at radius 3 is 2.66 bits per heavy atom. The maximum absolute atomic E-state index is 12.8. The fourth-order valence-electron chi connectivity index (χ4n) is 6.86. The largest absolute Gasteiger partial charge is 0.450 e. The number of ether oxygens (including phenoxy) is 1. The highest BCUT2D eigenvalue weighted by Gasteiger charge is 2.69. The van der Waals surface area contributed by atoms with E-state index in [2.05, 4.69) is 13.0 Å². The summed E-state index contributed by atoms with van der Waals surface area (Å²) in [5, 5.41) is 11.4. The van der Waals surface area contributed by atoms with E-state index in [-0.39, 0.29) is 41.7 Å². The number of aliphatic hydroxyl groups excluding tert-OH is 1. The van der Waals surface area contributed by atoms with Crippen LogP contribution in [0.25, 0.3) is 0 Å². The number of allylic oxidation sites excluding steroid dienone is 6. The molecule has 0 heterocycles. The first-order chi connectivity index (χ1) is 13.6. The molecule has 0 radical (unpaired) electrons. The fraction of sp³-hybridized carbons (Fsp3) is 0.625. The summed E-state index contributed by atoms with van der Waals surface area (Å²) in [6.07, 6.45) is 10.5. The Kier molecular flexibility index (Phi) is 4.54. The number of Topliss-reactive ketones (excluding diaryl/α,β-unsaturated/α-hetero) is 1. The van der Waals surface area contributed by atoms with Crippen molar-refractivity contribution in [2.75, 3.05) is 0 Å². The summed E-state index contributed by atoms with van der Waals surface area (Å²) in [5.41, 5.74) is -1.29. The van der Waals surface area contributed by atoms with Gasteiger partial charge in [-0.1, -0.05) is 39.0 Å². The lowest BCUT2D eigenvalue weighted by atomic mass is 9.48. The van der Waals surface area contributed by atoms with Gasteiger partial charge in [0.25, 0.3) is 0 Å². The van der Waals surface area contributed by atoms with Crippen LogP contribution in [0.5, 0.6) is 0 Å².